The minimum atomic E-state index is -2.12. The Labute approximate surface area is 126 Å². The highest BCUT2D eigenvalue weighted by Crippen LogP contribution is 2.43. The maximum absolute atomic E-state index is 13.6. The van der Waals surface area contributed by atoms with Crippen LogP contribution in [0.4, 0.5) is 22.0 Å². The molecule has 2 aromatic rings. The lowest BCUT2D eigenvalue weighted by atomic mass is 9.73. The highest BCUT2D eigenvalue weighted by molar-refractivity contribution is 9.08. The van der Waals surface area contributed by atoms with E-state index >= 15 is 0 Å². The molecule has 0 radical (unpaired) electrons. The summed E-state index contributed by atoms with van der Waals surface area (Å²) >= 11 is 2.94. The Balaban J connectivity index is 0.000000774. The number of hydrogen-bond acceptors (Lipinski definition) is 0. The van der Waals surface area contributed by atoms with Crippen LogP contribution in [-0.2, 0) is 6.42 Å². The smallest absolute Gasteiger partial charge is 0.200 e. The molecule has 0 saturated heterocycles. The Hall–Kier alpha value is -1.43. The molecule has 0 fully saturated rings. The predicted octanol–water partition coefficient (Wildman–Crippen LogP) is 5.08. The average molecular weight is 365 g/mol. The van der Waals surface area contributed by atoms with E-state index in [1.54, 1.807) is 24.3 Å². The molecule has 0 bridgehead atoms. The summed E-state index contributed by atoms with van der Waals surface area (Å²) in [7, 11) is 0. The Morgan fingerprint density at radius 3 is 1.81 bits per heavy atom. The SMILES string of the molecule is CBr.Fc1c(F)c(F)c(C2Cc3ccccc32)c(F)c1F. The van der Waals surface area contributed by atoms with Gasteiger partial charge in [0.05, 0.1) is 0 Å². The molecule has 1 aliphatic rings. The second-order valence-corrected chi connectivity index (χ2v) is 4.44. The van der Waals surface area contributed by atoms with Gasteiger partial charge in [0.15, 0.2) is 23.3 Å². The van der Waals surface area contributed by atoms with Crippen molar-refractivity contribution in [3.05, 3.63) is 70.0 Å². The Kier molecular flexibility index (Phi) is 4.66. The van der Waals surface area contributed by atoms with Crippen LogP contribution < -0.4 is 0 Å². The fourth-order valence-electron chi connectivity index (χ4n) is 2.44. The van der Waals surface area contributed by atoms with Crippen LogP contribution in [0.1, 0.15) is 22.6 Å². The number of hydrogen-bond donors (Lipinski definition) is 0. The molecule has 3 rings (SSSR count). The van der Waals surface area contributed by atoms with E-state index in [-0.39, 0.29) is 6.42 Å². The number of fused-ring (bicyclic) bond motifs is 1. The molecule has 0 N–H and O–H groups in total. The molecule has 0 aliphatic heterocycles. The van der Waals surface area contributed by atoms with Crippen LogP contribution in [0.25, 0.3) is 0 Å². The first-order valence-corrected chi connectivity index (χ1v) is 7.58. The van der Waals surface area contributed by atoms with Crippen LogP contribution in [0.3, 0.4) is 0 Å². The number of alkyl halides is 1. The van der Waals surface area contributed by atoms with E-state index < -0.39 is 40.6 Å². The van der Waals surface area contributed by atoms with Crippen molar-refractivity contribution in [2.24, 2.45) is 0 Å². The largest absolute Gasteiger partial charge is 0.203 e. The summed E-state index contributed by atoms with van der Waals surface area (Å²) in [5, 5.41) is 0. The first kappa shape index (κ1) is 15.9. The third kappa shape index (κ3) is 2.46. The number of benzene rings is 2. The summed E-state index contributed by atoms with van der Waals surface area (Å²) in [5.41, 5.74) is 0.720. The van der Waals surface area contributed by atoms with Gasteiger partial charge in [-0.2, -0.15) is 0 Å². The van der Waals surface area contributed by atoms with Gasteiger partial charge in [-0.25, -0.2) is 22.0 Å². The maximum atomic E-state index is 13.6. The van der Waals surface area contributed by atoms with Crippen LogP contribution in [0.15, 0.2) is 24.3 Å². The van der Waals surface area contributed by atoms with Gasteiger partial charge in [-0.1, -0.05) is 40.2 Å². The molecule has 1 atom stereocenters. The second-order valence-electron chi connectivity index (χ2n) is 4.44. The first-order valence-electron chi connectivity index (χ1n) is 5.99. The molecule has 0 aromatic heterocycles. The summed E-state index contributed by atoms with van der Waals surface area (Å²) in [6.45, 7) is 0. The first-order chi connectivity index (χ1) is 10.0. The van der Waals surface area contributed by atoms with Crippen LogP contribution in [0, 0.1) is 29.1 Å². The van der Waals surface area contributed by atoms with Crippen molar-refractivity contribution in [2.75, 3.05) is 5.83 Å². The monoisotopic (exact) mass is 364 g/mol. The lowest BCUT2D eigenvalue weighted by molar-refractivity contribution is 0.364. The summed E-state index contributed by atoms with van der Waals surface area (Å²) in [4.78, 5) is 0. The summed E-state index contributed by atoms with van der Waals surface area (Å²) < 4.78 is 66.5. The van der Waals surface area contributed by atoms with Gasteiger partial charge in [-0.15, -0.1) is 0 Å². The van der Waals surface area contributed by atoms with Gasteiger partial charge in [0.2, 0.25) is 5.82 Å². The normalized spacial score (nSPS) is 15.7. The Morgan fingerprint density at radius 2 is 1.29 bits per heavy atom. The Bertz CT molecular complexity index is 655. The maximum Gasteiger partial charge on any atom is 0.200 e. The van der Waals surface area contributed by atoms with Crippen LogP contribution in [-0.4, -0.2) is 5.83 Å². The van der Waals surface area contributed by atoms with E-state index in [1.807, 2.05) is 5.83 Å². The van der Waals surface area contributed by atoms with E-state index in [2.05, 4.69) is 15.9 Å². The van der Waals surface area contributed by atoms with Gasteiger partial charge >= 0.3 is 0 Å². The standard InChI is InChI=1S/C14H7F5.CH3Br/c15-10-9(11(16)13(18)14(19)12(10)17)8-5-6-3-1-2-4-7(6)8;1-2/h1-4,8H,5H2;1H3. The van der Waals surface area contributed by atoms with Gasteiger partial charge < -0.3 is 0 Å². The molecule has 0 heterocycles. The highest BCUT2D eigenvalue weighted by Gasteiger charge is 2.36. The van der Waals surface area contributed by atoms with Gasteiger partial charge in [-0.05, 0) is 23.4 Å². The molecule has 0 saturated carbocycles. The average Bonchev–Trinajstić information content (AvgIpc) is 2.50. The Morgan fingerprint density at radius 1 is 0.810 bits per heavy atom. The summed E-state index contributed by atoms with van der Waals surface area (Å²) in [6, 6.07) is 6.81. The summed E-state index contributed by atoms with van der Waals surface area (Å²) in [5.74, 6) is -8.34. The minimum absolute atomic E-state index is 0.272. The van der Waals surface area contributed by atoms with Crippen molar-refractivity contribution in [1.29, 1.82) is 0 Å². The molecule has 1 unspecified atom stereocenters. The molecule has 112 valence electrons. The van der Waals surface area contributed by atoms with Crippen molar-refractivity contribution in [3.63, 3.8) is 0 Å². The van der Waals surface area contributed by atoms with E-state index in [4.69, 9.17) is 0 Å². The zero-order valence-corrected chi connectivity index (χ0v) is 12.4. The van der Waals surface area contributed by atoms with E-state index in [9.17, 15) is 22.0 Å². The molecule has 0 amide bonds. The lowest BCUT2D eigenvalue weighted by Crippen LogP contribution is -2.22. The molecule has 21 heavy (non-hydrogen) atoms. The van der Waals surface area contributed by atoms with Crippen molar-refractivity contribution < 1.29 is 22.0 Å². The van der Waals surface area contributed by atoms with Crippen LogP contribution in [0.2, 0.25) is 0 Å². The minimum Gasteiger partial charge on any atom is -0.203 e. The quantitative estimate of drug-likeness (QED) is 0.286. The molecule has 0 spiro atoms. The molecular formula is C15H10BrF5. The van der Waals surface area contributed by atoms with Crippen molar-refractivity contribution in [2.45, 2.75) is 12.3 Å². The summed E-state index contributed by atoms with van der Waals surface area (Å²) in [6.07, 6.45) is 0.272. The topological polar surface area (TPSA) is 0 Å². The molecule has 1 aliphatic carbocycles. The van der Waals surface area contributed by atoms with E-state index in [1.165, 1.54) is 0 Å². The zero-order valence-electron chi connectivity index (χ0n) is 10.9. The predicted molar refractivity (Wildman–Crippen MR) is 73.1 cm³/mol. The van der Waals surface area contributed by atoms with E-state index in [0.29, 0.717) is 5.56 Å². The van der Waals surface area contributed by atoms with Crippen LogP contribution >= 0.6 is 15.9 Å². The third-order valence-corrected chi connectivity index (χ3v) is 3.45. The molecular weight excluding hydrogens is 355 g/mol. The van der Waals surface area contributed by atoms with Crippen LogP contribution in [0.5, 0.6) is 0 Å². The zero-order chi connectivity index (χ0) is 15.7. The van der Waals surface area contributed by atoms with Gasteiger partial charge in [-0.3, -0.25) is 0 Å². The number of rotatable bonds is 1. The van der Waals surface area contributed by atoms with Gasteiger partial charge in [0, 0.05) is 11.5 Å². The third-order valence-electron chi connectivity index (χ3n) is 3.45. The lowest BCUT2D eigenvalue weighted by Gasteiger charge is -2.31. The van der Waals surface area contributed by atoms with Crippen molar-refractivity contribution in [3.8, 4) is 0 Å². The fraction of sp³-hybridized carbons (Fsp3) is 0.200. The second kappa shape index (κ2) is 6.13. The molecule has 6 heteroatoms. The molecule has 2 aromatic carbocycles. The fourth-order valence-corrected chi connectivity index (χ4v) is 2.44. The number of halogens is 6. The van der Waals surface area contributed by atoms with E-state index in [0.717, 1.165) is 5.56 Å². The van der Waals surface area contributed by atoms with Crippen molar-refractivity contribution in [1.82, 2.24) is 0 Å². The molecule has 0 nitrogen and oxygen atoms in total. The van der Waals surface area contributed by atoms with Gasteiger partial charge in [0.25, 0.3) is 0 Å². The van der Waals surface area contributed by atoms with Crippen molar-refractivity contribution >= 4 is 15.9 Å². The highest BCUT2D eigenvalue weighted by atomic mass is 79.9. The van der Waals surface area contributed by atoms with Gasteiger partial charge in [0.1, 0.15) is 0 Å².